The molecule has 9 heteroatoms. The van der Waals surface area contributed by atoms with E-state index >= 15 is 0 Å². The van der Waals surface area contributed by atoms with Crippen molar-refractivity contribution in [3.05, 3.63) is 83.2 Å². The number of thioether (sulfide) groups is 1. The standard InChI is InChI=1S/C27H24FN3O4S/c1-16-3-9-21(17(2)11-16)30-26(33)24-13-25(32)31(14-18-4-10-22-23(12-18)35-15-34-22)27(36-24)29-20-7-5-19(28)6-8-20/h3-12,24H,13-15H2,1-2H3,(H,30,33). The Balaban J connectivity index is 1.41. The van der Waals surface area contributed by atoms with Crippen molar-refractivity contribution in [2.45, 2.75) is 32.1 Å². The molecule has 2 heterocycles. The molecule has 2 aliphatic rings. The second kappa shape index (κ2) is 10.0. The van der Waals surface area contributed by atoms with E-state index < -0.39 is 5.25 Å². The summed E-state index contributed by atoms with van der Waals surface area (Å²) in [4.78, 5) is 32.6. The highest BCUT2D eigenvalue weighted by Crippen LogP contribution is 2.35. The largest absolute Gasteiger partial charge is 0.454 e. The number of carbonyl (C=O) groups is 2. The number of anilines is 1. The van der Waals surface area contributed by atoms with Gasteiger partial charge in [0.2, 0.25) is 18.6 Å². The quantitative estimate of drug-likeness (QED) is 0.507. The number of hydrogen-bond donors (Lipinski definition) is 1. The maximum absolute atomic E-state index is 13.4. The van der Waals surface area contributed by atoms with Crippen molar-refractivity contribution in [2.75, 3.05) is 12.1 Å². The molecule has 0 radical (unpaired) electrons. The molecule has 3 aromatic rings. The Morgan fingerprint density at radius 1 is 1.08 bits per heavy atom. The zero-order valence-corrected chi connectivity index (χ0v) is 20.6. The van der Waals surface area contributed by atoms with Gasteiger partial charge in [-0.05, 0) is 67.4 Å². The third-order valence-corrected chi connectivity index (χ3v) is 7.09. The molecule has 36 heavy (non-hydrogen) atoms. The number of rotatable bonds is 5. The van der Waals surface area contributed by atoms with Crippen LogP contribution in [-0.4, -0.2) is 33.9 Å². The second-order valence-corrected chi connectivity index (χ2v) is 9.83. The van der Waals surface area contributed by atoms with Gasteiger partial charge in [0.05, 0.1) is 12.2 Å². The van der Waals surface area contributed by atoms with E-state index in [9.17, 15) is 14.0 Å². The number of nitrogens with one attached hydrogen (secondary N) is 1. The lowest BCUT2D eigenvalue weighted by Crippen LogP contribution is -2.44. The summed E-state index contributed by atoms with van der Waals surface area (Å²) >= 11 is 1.22. The first-order chi connectivity index (χ1) is 17.4. The molecular formula is C27H24FN3O4S. The first-order valence-corrected chi connectivity index (χ1v) is 12.3. The SMILES string of the molecule is Cc1ccc(NC(=O)C2CC(=O)N(Cc3ccc4c(c3)OCO4)C(=Nc3ccc(F)cc3)S2)c(C)c1. The van der Waals surface area contributed by atoms with E-state index in [2.05, 4.69) is 10.3 Å². The third-order valence-electron chi connectivity index (χ3n) is 5.90. The van der Waals surface area contributed by atoms with Crippen LogP contribution in [0.2, 0.25) is 0 Å². The Hall–Kier alpha value is -3.85. The van der Waals surface area contributed by atoms with Crippen molar-refractivity contribution in [2.24, 2.45) is 4.99 Å². The molecule has 184 valence electrons. The smallest absolute Gasteiger partial charge is 0.238 e. The number of carbonyl (C=O) groups excluding carboxylic acids is 2. The summed E-state index contributed by atoms with van der Waals surface area (Å²) in [6.07, 6.45) is 0.0222. The van der Waals surface area contributed by atoms with Crippen molar-refractivity contribution < 1.29 is 23.5 Å². The minimum atomic E-state index is -0.662. The zero-order chi connectivity index (χ0) is 25.2. The monoisotopic (exact) mass is 505 g/mol. The normalized spacial score (nSPS) is 18.0. The van der Waals surface area contributed by atoms with E-state index in [4.69, 9.17) is 9.47 Å². The molecule has 2 amide bonds. The van der Waals surface area contributed by atoms with Gasteiger partial charge in [-0.15, -0.1) is 0 Å². The zero-order valence-electron chi connectivity index (χ0n) is 19.8. The second-order valence-electron chi connectivity index (χ2n) is 8.66. The minimum Gasteiger partial charge on any atom is -0.454 e. The van der Waals surface area contributed by atoms with Crippen LogP contribution in [-0.2, 0) is 16.1 Å². The highest BCUT2D eigenvalue weighted by atomic mass is 32.2. The average Bonchev–Trinajstić information content (AvgIpc) is 3.32. The minimum absolute atomic E-state index is 0.0222. The molecule has 1 fully saturated rings. The van der Waals surface area contributed by atoms with Crippen LogP contribution in [0, 0.1) is 19.7 Å². The van der Waals surface area contributed by atoms with E-state index in [-0.39, 0.29) is 37.4 Å². The topological polar surface area (TPSA) is 80.2 Å². The lowest BCUT2D eigenvalue weighted by atomic mass is 10.1. The van der Waals surface area contributed by atoms with Crippen LogP contribution in [0.15, 0.2) is 65.7 Å². The average molecular weight is 506 g/mol. The number of amidine groups is 1. The summed E-state index contributed by atoms with van der Waals surface area (Å²) < 4.78 is 24.3. The van der Waals surface area contributed by atoms with Crippen LogP contribution in [0.25, 0.3) is 0 Å². The molecule has 0 bridgehead atoms. The van der Waals surface area contributed by atoms with Crippen molar-refractivity contribution in [3.8, 4) is 11.5 Å². The fourth-order valence-corrected chi connectivity index (χ4v) is 5.11. The van der Waals surface area contributed by atoms with Gasteiger partial charge in [0, 0.05) is 12.1 Å². The molecule has 7 nitrogen and oxygen atoms in total. The summed E-state index contributed by atoms with van der Waals surface area (Å²) in [5.74, 6) is 0.394. The summed E-state index contributed by atoms with van der Waals surface area (Å²) in [6, 6.07) is 16.9. The molecule has 1 saturated heterocycles. The summed E-state index contributed by atoms with van der Waals surface area (Å²) in [5, 5.41) is 2.66. The van der Waals surface area contributed by atoms with Crippen molar-refractivity contribution in [1.82, 2.24) is 4.90 Å². The third kappa shape index (κ3) is 5.21. The molecule has 0 spiro atoms. The maximum atomic E-state index is 13.4. The molecular weight excluding hydrogens is 481 g/mol. The lowest BCUT2D eigenvalue weighted by Gasteiger charge is -2.32. The highest BCUT2D eigenvalue weighted by Gasteiger charge is 2.36. The number of hydrogen-bond acceptors (Lipinski definition) is 6. The number of aliphatic imine (C=N–C) groups is 1. The predicted octanol–water partition coefficient (Wildman–Crippen LogP) is 5.33. The van der Waals surface area contributed by atoms with Crippen LogP contribution < -0.4 is 14.8 Å². The van der Waals surface area contributed by atoms with Gasteiger partial charge in [0.15, 0.2) is 16.7 Å². The Labute approximate surface area is 212 Å². The maximum Gasteiger partial charge on any atom is 0.238 e. The van der Waals surface area contributed by atoms with Gasteiger partial charge >= 0.3 is 0 Å². The van der Waals surface area contributed by atoms with Crippen LogP contribution in [0.3, 0.4) is 0 Å². The van der Waals surface area contributed by atoms with E-state index in [1.165, 1.54) is 36.0 Å². The summed E-state index contributed by atoms with van der Waals surface area (Å²) in [6.45, 7) is 4.32. The molecule has 3 aromatic carbocycles. The number of amides is 2. The fraction of sp³-hybridized carbons (Fsp3) is 0.222. The van der Waals surface area contributed by atoms with Crippen molar-refractivity contribution in [3.63, 3.8) is 0 Å². The number of ether oxygens (including phenoxy) is 2. The molecule has 1 atom stereocenters. The van der Waals surface area contributed by atoms with Crippen molar-refractivity contribution >= 4 is 40.1 Å². The van der Waals surface area contributed by atoms with Gasteiger partial charge in [0.25, 0.3) is 0 Å². The number of benzene rings is 3. The highest BCUT2D eigenvalue weighted by molar-refractivity contribution is 8.15. The van der Waals surface area contributed by atoms with E-state index in [0.29, 0.717) is 28.0 Å². The van der Waals surface area contributed by atoms with Gasteiger partial charge in [-0.2, -0.15) is 0 Å². The molecule has 0 aliphatic carbocycles. The predicted molar refractivity (Wildman–Crippen MR) is 137 cm³/mol. The van der Waals surface area contributed by atoms with E-state index in [0.717, 1.165) is 16.7 Å². The van der Waals surface area contributed by atoms with Gasteiger partial charge < -0.3 is 14.8 Å². The molecule has 2 aliphatic heterocycles. The first kappa shape index (κ1) is 23.9. The number of nitrogens with zero attached hydrogens (tertiary/aromatic N) is 2. The van der Waals surface area contributed by atoms with E-state index in [1.54, 1.807) is 11.0 Å². The number of halogens is 1. The molecule has 0 aromatic heterocycles. The first-order valence-electron chi connectivity index (χ1n) is 11.4. The van der Waals surface area contributed by atoms with Crippen LogP contribution >= 0.6 is 11.8 Å². The van der Waals surface area contributed by atoms with Crippen LogP contribution in [0.4, 0.5) is 15.8 Å². The number of aryl methyl sites for hydroxylation is 2. The Kier molecular flexibility index (Phi) is 6.65. The van der Waals surface area contributed by atoms with Crippen LogP contribution in [0.5, 0.6) is 11.5 Å². The van der Waals surface area contributed by atoms with Crippen LogP contribution in [0.1, 0.15) is 23.1 Å². The molecule has 0 saturated carbocycles. The van der Waals surface area contributed by atoms with Gasteiger partial charge in [-0.25, -0.2) is 9.38 Å². The van der Waals surface area contributed by atoms with Gasteiger partial charge in [-0.3, -0.25) is 14.5 Å². The van der Waals surface area contributed by atoms with Crippen molar-refractivity contribution in [1.29, 1.82) is 0 Å². The fourth-order valence-electron chi connectivity index (χ4n) is 4.01. The Bertz CT molecular complexity index is 1360. The molecule has 1 N–H and O–H groups in total. The Morgan fingerprint density at radius 3 is 2.64 bits per heavy atom. The molecule has 5 rings (SSSR count). The van der Waals surface area contributed by atoms with E-state index in [1.807, 2.05) is 44.2 Å². The Morgan fingerprint density at radius 2 is 1.86 bits per heavy atom. The lowest BCUT2D eigenvalue weighted by molar-refractivity contribution is -0.129. The number of fused-ring (bicyclic) bond motifs is 1. The summed E-state index contributed by atoms with van der Waals surface area (Å²) in [5.41, 5.74) is 4.06. The van der Waals surface area contributed by atoms with Gasteiger partial charge in [0.1, 0.15) is 11.1 Å². The van der Waals surface area contributed by atoms with Gasteiger partial charge in [-0.1, -0.05) is 35.5 Å². The summed E-state index contributed by atoms with van der Waals surface area (Å²) in [7, 11) is 0. The molecule has 1 unspecified atom stereocenters.